The Morgan fingerprint density at radius 1 is 1.39 bits per heavy atom. The third kappa shape index (κ3) is 2.66. The summed E-state index contributed by atoms with van der Waals surface area (Å²) in [5.41, 5.74) is 3.37. The van der Waals surface area contributed by atoms with Gasteiger partial charge in [-0.2, -0.15) is 0 Å². The third-order valence-electron chi connectivity index (χ3n) is 3.63. The molecule has 98 valence electrons. The predicted octanol–water partition coefficient (Wildman–Crippen LogP) is 2.73. The van der Waals surface area contributed by atoms with Gasteiger partial charge in [-0.05, 0) is 32.3 Å². The molecule has 1 amide bonds. The molecule has 3 heteroatoms. The van der Waals surface area contributed by atoms with Crippen LogP contribution in [0, 0.1) is 19.8 Å². The van der Waals surface area contributed by atoms with Crippen molar-refractivity contribution in [2.45, 2.75) is 39.7 Å². The number of ether oxygens (including phenoxy) is 1. The molecule has 0 bridgehead atoms. The molecule has 1 fully saturated rings. The van der Waals surface area contributed by atoms with E-state index in [1.807, 2.05) is 6.92 Å². The van der Waals surface area contributed by atoms with Crippen LogP contribution in [-0.2, 0) is 11.3 Å². The second-order valence-electron chi connectivity index (χ2n) is 5.12. The summed E-state index contributed by atoms with van der Waals surface area (Å²) in [6.07, 6.45) is 3.26. The van der Waals surface area contributed by atoms with E-state index in [1.54, 1.807) is 7.11 Å². The molecular formula is C15H21NO2. The van der Waals surface area contributed by atoms with Crippen LogP contribution in [0.4, 0.5) is 0 Å². The molecule has 1 aliphatic carbocycles. The predicted molar refractivity (Wildman–Crippen MR) is 71.7 cm³/mol. The number of carbonyl (C=O) groups is 1. The molecule has 0 aliphatic heterocycles. The maximum atomic E-state index is 11.8. The summed E-state index contributed by atoms with van der Waals surface area (Å²) < 4.78 is 5.41. The van der Waals surface area contributed by atoms with Crippen molar-refractivity contribution in [2.75, 3.05) is 7.11 Å². The fraction of sp³-hybridized carbons (Fsp3) is 0.533. The summed E-state index contributed by atoms with van der Waals surface area (Å²) in [4.78, 5) is 11.8. The lowest BCUT2D eigenvalue weighted by molar-refractivity contribution is -0.127. The van der Waals surface area contributed by atoms with Crippen molar-refractivity contribution in [1.29, 1.82) is 0 Å². The van der Waals surface area contributed by atoms with Gasteiger partial charge in [-0.3, -0.25) is 4.79 Å². The van der Waals surface area contributed by atoms with Crippen molar-refractivity contribution in [1.82, 2.24) is 5.32 Å². The van der Waals surface area contributed by atoms with Gasteiger partial charge in [0.2, 0.25) is 5.91 Å². The van der Waals surface area contributed by atoms with Crippen molar-refractivity contribution in [3.8, 4) is 5.75 Å². The highest BCUT2D eigenvalue weighted by molar-refractivity contribution is 5.79. The molecule has 0 aromatic heterocycles. The third-order valence-corrected chi connectivity index (χ3v) is 3.63. The zero-order valence-corrected chi connectivity index (χ0v) is 11.4. The van der Waals surface area contributed by atoms with Gasteiger partial charge in [0.15, 0.2) is 0 Å². The molecular weight excluding hydrogens is 226 g/mol. The van der Waals surface area contributed by atoms with E-state index < -0.39 is 0 Å². The number of amides is 1. The van der Waals surface area contributed by atoms with Crippen molar-refractivity contribution in [3.63, 3.8) is 0 Å². The normalized spacial score (nSPS) is 15.1. The molecule has 18 heavy (non-hydrogen) atoms. The molecule has 1 aromatic carbocycles. The highest BCUT2D eigenvalue weighted by Crippen LogP contribution is 2.27. The first-order valence-electron chi connectivity index (χ1n) is 6.53. The van der Waals surface area contributed by atoms with Crippen LogP contribution >= 0.6 is 0 Å². The monoisotopic (exact) mass is 247 g/mol. The first-order chi connectivity index (χ1) is 8.61. The molecule has 0 spiro atoms. The molecule has 1 aliphatic rings. The lowest BCUT2D eigenvalue weighted by Crippen LogP contribution is -2.34. The van der Waals surface area contributed by atoms with Crippen molar-refractivity contribution in [3.05, 3.63) is 28.8 Å². The maximum Gasteiger partial charge on any atom is 0.223 e. The minimum atomic E-state index is 0.183. The Bertz CT molecular complexity index is 450. The van der Waals surface area contributed by atoms with Crippen LogP contribution in [0.25, 0.3) is 0 Å². The first-order valence-corrected chi connectivity index (χ1v) is 6.53. The number of hydrogen-bond donors (Lipinski definition) is 1. The number of methoxy groups -OCH3 is 1. The molecule has 1 aromatic rings. The molecule has 2 rings (SSSR count). The number of aryl methyl sites for hydroxylation is 2. The molecule has 1 saturated carbocycles. The largest absolute Gasteiger partial charge is 0.496 e. The van der Waals surface area contributed by atoms with Gasteiger partial charge >= 0.3 is 0 Å². The zero-order valence-electron chi connectivity index (χ0n) is 11.4. The summed E-state index contributed by atoms with van der Waals surface area (Å²) in [5, 5.41) is 3.01. The average Bonchev–Trinajstić information content (AvgIpc) is 2.23. The minimum Gasteiger partial charge on any atom is -0.496 e. The minimum absolute atomic E-state index is 0.183. The van der Waals surface area contributed by atoms with Crippen LogP contribution in [0.2, 0.25) is 0 Å². The van der Waals surface area contributed by atoms with E-state index in [2.05, 4.69) is 24.4 Å². The second-order valence-corrected chi connectivity index (χ2v) is 5.12. The molecule has 0 unspecified atom stereocenters. The highest BCUT2D eigenvalue weighted by atomic mass is 16.5. The van der Waals surface area contributed by atoms with E-state index in [9.17, 15) is 4.79 Å². The second kappa shape index (κ2) is 5.42. The van der Waals surface area contributed by atoms with Crippen molar-refractivity contribution < 1.29 is 9.53 Å². The Labute approximate surface area is 109 Å². The molecule has 0 atom stereocenters. The van der Waals surface area contributed by atoms with Crippen LogP contribution in [0.5, 0.6) is 5.75 Å². The van der Waals surface area contributed by atoms with Crippen molar-refractivity contribution in [2.24, 2.45) is 5.92 Å². The number of carbonyl (C=O) groups excluding carboxylic acids is 1. The van der Waals surface area contributed by atoms with E-state index in [-0.39, 0.29) is 11.8 Å². The Morgan fingerprint density at radius 2 is 2.11 bits per heavy atom. The zero-order chi connectivity index (χ0) is 13.1. The van der Waals surface area contributed by atoms with Gasteiger partial charge in [0, 0.05) is 18.0 Å². The van der Waals surface area contributed by atoms with Crippen LogP contribution in [-0.4, -0.2) is 13.0 Å². The van der Waals surface area contributed by atoms with Crippen LogP contribution < -0.4 is 10.1 Å². The number of benzene rings is 1. The lowest BCUT2D eigenvalue weighted by atomic mass is 9.85. The van der Waals surface area contributed by atoms with Gasteiger partial charge in [-0.15, -0.1) is 0 Å². The number of hydrogen-bond acceptors (Lipinski definition) is 2. The molecule has 0 heterocycles. The van der Waals surface area contributed by atoms with Gasteiger partial charge in [0.25, 0.3) is 0 Å². The van der Waals surface area contributed by atoms with E-state index >= 15 is 0 Å². The first kappa shape index (κ1) is 12.9. The fourth-order valence-corrected chi connectivity index (χ4v) is 2.46. The number of nitrogens with one attached hydrogen (secondary N) is 1. The highest BCUT2D eigenvalue weighted by Gasteiger charge is 2.25. The van der Waals surface area contributed by atoms with Crippen molar-refractivity contribution >= 4 is 5.91 Å². The smallest absolute Gasteiger partial charge is 0.223 e. The SMILES string of the molecule is COc1c(C)cc(C)cc1CNC(=O)C1CCC1. The summed E-state index contributed by atoms with van der Waals surface area (Å²) in [5.74, 6) is 1.30. The number of rotatable bonds is 4. The van der Waals surface area contributed by atoms with Gasteiger partial charge in [0.05, 0.1) is 7.11 Å². The van der Waals surface area contributed by atoms with Gasteiger partial charge in [0.1, 0.15) is 5.75 Å². The van der Waals surface area contributed by atoms with Crippen LogP contribution in [0.15, 0.2) is 12.1 Å². The van der Waals surface area contributed by atoms with E-state index in [0.717, 1.165) is 29.7 Å². The van der Waals surface area contributed by atoms with Gasteiger partial charge < -0.3 is 10.1 Å². The molecule has 0 radical (unpaired) electrons. The molecule has 3 nitrogen and oxygen atoms in total. The fourth-order valence-electron chi connectivity index (χ4n) is 2.46. The van der Waals surface area contributed by atoms with E-state index in [0.29, 0.717) is 6.54 Å². The summed E-state index contributed by atoms with van der Waals surface area (Å²) >= 11 is 0. The van der Waals surface area contributed by atoms with Crippen LogP contribution in [0.1, 0.15) is 36.0 Å². The Morgan fingerprint density at radius 3 is 2.67 bits per heavy atom. The topological polar surface area (TPSA) is 38.3 Å². The van der Waals surface area contributed by atoms with Gasteiger partial charge in [-0.25, -0.2) is 0 Å². The average molecular weight is 247 g/mol. The van der Waals surface area contributed by atoms with E-state index in [4.69, 9.17) is 4.74 Å². The summed E-state index contributed by atoms with van der Waals surface area (Å²) in [6.45, 7) is 4.65. The summed E-state index contributed by atoms with van der Waals surface area (Å²) in [7, 11) is 1.68. The lowest BCUT2D eigenvalue weighted by Gasteiger charge is -2.24. The van der Waals surface area contributed by atoms with Crippen LogP contribution in [0.3, 0.4) is 0 Å². The maximum absolute atomic E-state index is 11.8. The molecule has 1 N–H and O–H groups in total. The molecule has 0 saturated heterocycles. The standard InChI is InChI=1S/C15H21NO2/c1-10-7-11(2)14(18-3)13(8-10)9-16-15(17)12-5-4-6-12/h7-8,12H,4-6,9H2,1-3H3,(H,16,17). The van der Waals surface area contributed by atoms with Gasteiger partial charge in [-0.1, -0.05) is 24.1 Å². The Kier molecular flexibility index (Phi) is 3.90. The van der Waals surface area contributed by atoms with E-state index in [1.165, 1.54) is 12.0 Å². The summed E-state index contributed by atoms with van der Waals surface area (Å²) in [6, 6.07) is 4.17. The quantitative estimate of drug-likeness (QED) is 0.888. The Hall–Kier alpha value is -1.51. The Balaban J connectivity index is 2.05.